The molecule has 2 aliphatic rings. The Morgan fingerprint density at radius 2 is 1.61 bits per heavy atom. The molecule has 1 nitrogen and oxygen atoms in total. The topological polar surface area (TPSA) is 12.5 Å². The Morgan fingerprint density at radius 1 is 0.889 bits per heavy atom. The molecule has 0 spiro atoms. The summed E-state index contributed by atoms with van der Waals surface area (Å²) in [7, 11) is 0. The van der Waals surface area contributed by atoms with Gasteiger partial charge >= 0.3 is 0 Å². The maximum atomic E-state index is 5.87. The van der Waals surface area contributed by atoms with Crippen LogP contribution in [0, 0.1) is 0 Å². The molecule has 1 aliphatic heterocycles. The number of fused-ring (bicyclic) bond motifs is 1. The summed E-state index contributed by atoms with van der Waals surface area (Å²) in [4.78, 5) is 0. The van der Waals surface area contributed by atoms with Crippen molar-refractivity contribution in [3.05, 3.63) is 60.2 Å². The normalized spacial score (nSPS) is 29.0. The molecule has 1 saturated heterocycles. The minimum Gasteiger partial charge on any atom is -0.361 e. The minimum absolute atomic E-state index is 0.0925. The van der Waals surface area contributed by atoms with Gasteiger partial charge in [-0.3, -0.25) is 0 Å². The second kappa shape index (κ2) is 3.69. The van der Waals surface area contributed by atoms with Crippen LogP contribution >= 0.6 is 0 Å². The van der Waals surface area contributed by atoms with E-state index < -0.39 is 0 Å². The molecule has 0 aromatic heterocycles. The van der Waals surface area contributed by atoms with E-state index in [4.69, 9.17) is 4.74 Å². The summed E-state index contributed by atoms with van der Waals surface area (Å²) < 4.78 is 5.87. The molecular weight excluding hydrogens is 220 g/mol. The summed E-state index contributed by atoms with van der Waals surface area (Å²) in [6.07, 6.45) is 4.24. The molecule has 4 rings (SSSR count). The zero-order chi connectivity index (χ0) is 12.0. The van der Waals surface area contributed by atoms with Gasteiger partial charge in [-0.1, -0.05) is 54.6 Å². The minimum atomic E-state index is 0.0925. The zero-order valence-electron chi connectivity index (χ0n) is 10.3. The van der Waals surface area contributed by atoms with E-state index in [9.17, 15) is 0 Å². The van der Waals surface area contributed by atoms with Gasteiger partial charge in [-0.05, 0) is 36.0 Å². The van der Waals surface area contributed by atoms with Gasteiger partial charge < -0.3 is 4.74 Å². The monoisotopic (exact) mass is 236 g/mol. The molecule has 2 aromatic rings. The van der Waals surface area contributed by atoms with E-state index in [2.05, 4.69) is 54.6 Å². The molecule has 2 aromatic carbocycles. The predicted octanol–water partition coefficient (Wildman–Crippen LogP) is 4.13. The van der Waals surface area contributed by atoms with Crippen LogP contribution in [0.1, 0.15) is 24.8 Å². The summed E-state index contributed by atoms with van der Waals surface area (Å²) in [5, 5.41) is 0. The van der Waals surface area contributed by atoms with Crippen LogP contribution in [0.4, 0.5) is 0 Å². The van der Waals surface area contributed by atoms with Crippen molar-refractivity contribution in [3.63, 3.8) is 0 Å². The molecule has 2 unspecified atom stereocenters. The van der Waals surface area contributed by atoms with E-state index in [1.165, 1.54) is 36.0 Å². The van der Waals surface area contributed by atoms with Crippen LogP contribution in [0.2, 0.25) is 0 Å². The number of rotatable bonds is 2. The first-order valence-corrected chi connectivity index (χ1v) is 6.72. The molecular formula is C17H16O. The molecule has 1 heterocycles. The summed E-state index contributed by atoms with van der Waals surface area (Å²) in [5.74, 6) is 0. The molecule has 0 N–H and O–H groups in total. The molecule has 1 saturated carbocycles. The fourth-order valence-corrected chi connectivity index (χ4v) is 3.26. The lowest BCUT2D eigenvalue weighted by Gasteiger charge is -2.10. The average Bonchev–Trinajstić information content (AvgIpc) is 3.02. The van der Waals surface area contributed by atoms with Crippen LogP contribution in [0.5, 0.6) is 0 Å². The van der Waals surface area contributed by atoms with Gasteiger partial charge in [-0.2, -0.15) is 0 Å². The van der Waals surface area contributed by atoms with Crippen molar-refractivity contribution in [2.75, 3.05) is 0 Å². The van der Waals surface area contributed by atoms with E-state index in [1.807, 2.05) is 0 Å². The summed E-state index contributed by atoms with van der Waals surface area (Å²) in [6, 6.07) is 19.4. The van der Waals surface area contributed by atoms with Crippen LogP contribution < -0.4 is 0 Å². The molecule has 1 aliphatic carbocycles. The molecule has 0 radical (unpaired) electrons. The molecule has 1 heteroatoms. The van der Waals surface area contributed by atoms with Gasteiger partial charge in [0.05, 0.1) is 6.10 Å². The fraction of sp³-hybridized carbons (Fsp3) is 0.294. The van der Waals surface area contributed by atoms with Crippen molar-refractivity contribution >= 4 is 0 Å². The quantitative estimate of drug-likeness (QED) is 0.714. The fourth-order valence-electron chi connectivity index (χ4n) is 3.26. The molecule has 18 heavy (non-hydrogen) atoms. The largest absolute Gasteiger partial charge is 0.361 e. The number of hydrogen-bond donors (Lipinski definition) is 0. The van der Waals surface area contributed by atoms with Crippen molar-refractivity contribution in [1.29, 1.82) is 0 Å². The average molecular weight is 236 g/mol. The van der Waals surface area contributed by atoms with Crippen LogP contribution in [0.15, 0.2) is 54.6 Å². The van der Waals surface area contributed by atoms with Crippen LogP contribution in [0.3, 0.4) is 0 Å². The highest BCUT2D eigenvalue weighted by molar-refractivity contribution is 5.63. The highest BCUT2D eigenvalue weighted by atomic mass is 16.6. The van der Waals surface area contributed by atoms with Crippen LogP contribution in [-0.2, 0) is 10.3 Å². The molecule has 2 atom stereocenters. The highest BCUT2D eigenvalue weighted by Crippen LogP contribution is 2.57. The van der Waals surface area contributed by atoms with Crippen LogP contribution in [0.25, 0.3) is 11.1 Å². The molecule has 90 valence electrons. The van der Waals surface area contributed by atoms with E-state index in [0.29, 0.717) is 6.10 Å². The lowest BCUT2D eigenvalue weighted by atomic mass is 9.94. The second-order valence-corrected chi connectivity index (χ2v) is 5.33. The third-order valence-corrected chi connectivity index (χ3v) is 4.31. The highest BCUT2D eigenvalue weighted by Gasteiger charge is 2.60. The third kappa shape index (κ3) is 1.44. The van der Waals surface area contributed by atoms with E-state index >= 15 is 0 Å². The summed E-state index contributed by atoms with van der Waals surface area (Å²) in [6.45, 7) is 0. The van der Waals surface area contributed by atoms with Gasteiger partial charge in [0.25, 0.3) is 0 Å². The van der Waals surface area contributed by atoms with Gasteiger partial charge in [-0.25, -0.2) is 0 Å². The maximum absolute atomic E-state index is 5.87. The lowest BCUT2D eigenvalue weighted by Crippen LogP contribution is -2.06. The molecule has 0 amide bonds. The molecule has 0 bridgehead atoms. The van der Waals surface area contributed by atoms with E-state index in [0.717, 1.165) is 0 Å². The van der Waals surface area contributed by atoms with Gasteiger partial charge in [0, 0.05) is 0 Å². The Balaban J connectivity index is 1.66. The van der Waals surface area contributed by atoms with Crippen molar-refractivity contribution in [2.24, 2.45) is 0 Å². The second-order valence-electron chi connectivity index (χ2n) is 5.33. The first-order chi connectivity index (χ1) is 8.88. The summed E-state index contributed by atoms with van der Waals surface area (Å²) in [5.41, 5.74) is 4.02. The predicted molar refractivity (Wildman–Crippen MR) is 72.3 cm³/mol. The third-order valence-electron chi connectivity index (χ3n) is 4.31. The SMILES string of the molecule is c1ccc(-c2ccc(C34CCCC3O4)cc2)cc1. The van der Waals surface area contributed by atoms with E-state index in [-0.39, 0.29) is 5.60 Å². The summed E-state index contributed by atoms with van der Waals surface area (Å²) >= 11 is 0. The van der Waals surface area contributed by atoms with Crippen molar-refractivity contribution in [2.45, 2.75) is 31.0 Å². The first-order valence-electron chi connectivity index (χ1n) is 6.72. The standard InChI is InChI=1S/C17H16O/c1-2-5-13(6-3-1)14-8-10-15(11-9-14)17-12-4-7-16(17)18-17/h1-3,5-6,8-11,16H,4,7,12H2. The zero-order valence-corrected chi connectivity index (χ0v) is 10.3. The Labute approximate surface area is 107 Å². The Hall–Kier alpha value is -1.60. The van der Waals surface area contributed by atoms with Gasteiger partial charge in [-0.15, -0.1) is 0 Å². The Morgan fingerprint density at radius 3 is 2.22 bits per heavy atom. The van der Waals surface area contributed by atoms with Crippen molar-refractivity contribution in [3.8, 4) is 11.1 Å². The van der Waals surface area contributed by atoms with Crippen molar-refractivity contribution in [1.82, 2.24) is 0 Å². The number of ether oxygens (including phenoxy) is 1. The first kappa shape index (κ1) is 10.3. The Kier molecular flexibility index (Phi) is 2.12. The number of epoxide rings is 1. The Bertz CT molecular complexity index is 558. The van der Waals surface area contributed by atoms with Crippen LogP contribution in [-0.4, -0.2) is 6.10 Å². The van der Waals surface area contributed by atoms with E-state index in [1.54, 1.807) is 0 Å². The lowest BCUT2D eigenvalue weighted by molar-refractivity contribution is 0.253. The van der Waals surface area contributed by atoms with Gasteiger partial charge in [0.2, 0.25) is 0 Å². The number of hydrogen-bond acceptors (Lipinski definition) is 1. The number of benzene rings is 2. The van der Waals surface area contributed by atoms with Crippen molar-refractivity contribution < 1.29 is 4.74 Å². The van der Waals surface area contributed by atoms with Gasteiger partial charge in [0.1, 0.15) is 5.60 Å². The smallest absolute Gasteiger partial charge is 0.120 e. The maximum Gasteiger partial charge on any atom is 0.120 e. The molecule has 2 fully saturated rings. The van der Waals surface area contributed by atoms with Gasteiger partial charge in [0.15, 0.2) is 0 Å².